The summed E-state index contributed by atoms with van der Waals surface area (Å²) in [6.45, 7) is 1.65. The summed E-state index contributed by atoms with van der Waals surface area (Å²) < 4.78 is 0. The number of hydrogen-bond acceptors (Lipinski definition) is 2. The van der Waals surface area contributed by atoms with Crippen molar-refractivity contribution in [3.05, 3.63) is 40.9 Å². The highest BCUT2D eigenvalue weighted by Crippen LogP contribution is 2.29. The van der Waals surface area contributed by atoms with Gasteiger partial charge in [0.15, 0.2) is 6.29 Å². The van der Waals surface area contributed by atoms with Crippen LogP contribution in [0, 0.1) is 0 Å². The first-order valence-corrected chi connectivity index (χ1v) is 4.84. The van der Waals surface area contributed by atoms with Gasteiger partial charge in [0.2, 0.25) is 0 Å². The van der Waals surface area contributed by atoms with Crippen molar-refractivity contribution >= 4 is 23.6 Å². The average Bonchev–Trinajstić information content (AvgIpc) is 2.70. The lowest BCUT2D eigenvalue weighted by molar-refractivity contribution is 0.112. The van der Waals surface area contributed by atoms with Crippen LogP contribution in [0.5, 0.6) is 0 Å². The van der Waals surface area contributed by atoms with Crippen LogP contribution in [0.1, 0.15) is 10.4 Å². The van der Waals surface area contributed by atoms with Gasteiger partial charge in [-0.2, -0.15) is 0 Å². The first kappa shape index (κ1) is 9.28. The highest BCUT2D eigenvalue weighted by atomic mass is 35.5. The van der Waals surface area contributed by atoms with Gasteiger partial charge in [-0.3, -0.25) is 4.79 Å². The Balaban J connectivity index is 2.43. The van der Waals surface area contributed by atoms with Gasteiger partial charge in [-0.1, -0.05) is 29.8 Å². The predicted octanol–water partition coefficient (Wildman–Crippen LogP) is 2.53. The third-order valence-corrected chi connectivity index (χ3v) is 2.58. The summed E-state index contributed by atoms with van der Waals surface area (Å²) >= 11 is 6.06. The maximum absolute atomic E-state index is 10.8. The zero-order valence-electron chi connectivity index (χ0n) is 7.61. The van der Waals surface area contributed by atoms with Gasteiger partial charge in [-0.05, 0) is 12.1 Å². The highest BCUT2D eigenvalue weighted by Gasteiger charge is 2.14. The number of hydrogen-bond donors (Lipinski definition) is 0. The molecule has 0 unspecified atom stereocenters. The number of aldehydes is 1. The van der Waals surface area contributed by atoms with E-state index in [4.69, 9.17) is 11.6 Å². The van der Waals surface area contributed by atoms with Crippen molar-refractivity contribution in [1.29, 1.82) is 0 Å². The molecule has 2 rings (SSSR count). The lowest BCUT2D eigenvalue weighted by atomic mass is 10.2. The lowest BCUT2D eigenvalue weighted by Gasteiger charge is -2.20. The fourth-order valence-corrected chi connectivity index (χ4v) is 1.92. The maximum Gasteiger partial charge on any atom is 0.152 e. The molecule has 1 aliphatic heterocycles. The second kappa shape index (κ2) is 3.84. The zero-order chi connectivity index (χ0) is 9.97. The smallest absolute Gasteiger partial charge is 0.152 e. The average molecular weight is 208 g/mol. The van der Waals surface area contributed by atoms with E-state index in [1.54, 1.807) is 12.1 Å². The topological polar surface area (TPSA) is 20.3 Å². The molecule has 0 N–H and O–H groups in total. The van der Waals surface area contributed by atoms with Crippen LogP contribution >= 0.6 is 11.6 Å². The molecule has 14 heavy (non-hydrogen) atoms. The summed E-state index contributed by atoms with van der Waals surface area (Å²) in [5.74, 6) is 0. The quantitative estimate of drug-likeness (QED) is 0.549. The Bertz CT molecular complexity index is 379. The second-order valence-corrected chi connectivity index (χ2v) is 3.58. The zero-order valence-corrected chi connectivity index (χ0v) is 8.37. The van der Waals surface area contributed by atoms with E-state index in [1.807, 2.05) is 6.07 Å². The number of carbonyl (C=O) groups excluding carboxylic acids is 1. The van der Waals surface area contributed by atoms with Crippen LogP contribution in [0.3, 0.4) is 0 Å². The van der Waals surface area contributed by atoms with E-state index in [0.717, 1.165) is 25.1 Å². The molecular weight excluding hydrogens is 198 g/mol. The molecule has 0 fully saturated rings. The van der Waals surface area contributed by atoms with E-state index in [0.29, 0.717) is 10.6 Å². The third-order valence-electron chi connectivity index (χ3n) is 2.28. The Morgan fingerprint density at radius 2 is 2.00 bits per heavy atom. The summed E-state index contributed by atoms with van der Waals surface area (Å²) in [5.41, 5.74) is 1.50. The van der Waals surface area contributed by atoms with Gasteiger partial charge in [0.05, 0.1) is 10.7 Å². The second-order valence-electron chi connectivity index (χ2n) is 3.17. The Morgan fingerprint density at radius 3 is 2.64 bits per heavy atom. The minimum atomic E-state index is 0.637. The van der Waals surface area contributed by atoms with Crippen molar-refractivity contribution in [3.8, 4) is 0 Å². The predicted molar refractivity (Wildman–Crippen MR) is 58.2 cm³/mol. The number of rotatable bonds is 2. The molecule has 1 heterocycles. The fourth-order valence-electron chi connectivity index (χ4n) is 1.62. The number of para-hydroxylation sites is 1. The number of benzene rings is 1. The molecule has 0 saturated carbocycles. The molecule has 72 valence electrons. The number of anilines is 1. The van der Waals surface area contributed by atoms with Gasteiger partial charge in [0.1, 0.15) is 0 Å². The van der Waals surface area contributed by atoms with Crippen molar-refractivity contribution in [3.63, 3.8) is 0 Å². The van der Waals surface area contributed by atoms with Crippen LogP contribution in [-0.4, -0.2) is 19.4 Å². The molecule has 0 bridgehead atoms. The standard InChI is InChI=1S/C11H10ClNO/c12-10-5-3-4-9(8-14)11(10)13-6-1-2-7-13/h1-5,8H,6-7H2. The van der Waals surface area contributed by atoms with E-state index in [2.05, 4.69) is 17.1 Å². The first-order valence-electron chi connectivity index (χ1n) is 4.46. The van der Waals surface area contributed by atoms with Gasteiger partial charge in [0, 0.05) is 18.7 Å². The van der Waals surface area contributed by atoms with Gasteiger partial charge in [0.25, 0.3) is 0 Å². The van der Waals surface area contributed by atoms with Crippen LogP contribution in [0.2, 0.25) is 5.02 Å². The molecule has 0 radical (unpaired) electrons. The minimum absolute atomic E-state index is 0.637. The van der Waals surface area contributed by atoms with Crippen LogP contribution in [0.4, 0.5) is 5.69 Å². The van der Waals surface area contributed by atoms with Crippen LogP contribution in [0.15, 0.2) is 30.4 Å². The molecule has 0 saturated heterocycles. The molecule has 0 atom stereocenters. The summed E-state index contributed by atoms with van der Waals surface area (Å²) in [5, 5.41) is 0.637. The molecular formula is C11H10ClNO. The van der Waals surface area contributed by atoms with Gasteiger partial charge >= 0.3 is 0 Å². The molecule has 1 aliphatic rings. The van der Waals surface area contributed by atoms with Crippen molar-refractivity contribution in [1.82, 2.24) is 0 Å². The van der Waals surface area contributed by atoms with E-state index in [9.17, 15) is 4.79 Å². The summed E-state index contributed by atoms with van der Waals surface area (Å²) in [4.78, 5) is 12.9. The van der Waals surface area contributed by atoms with Crippen molar-refractivity contribution in [2.75, 3.05) is 18.0 Å². The minimum Gasteiger partial charge on any atom is -0.362 e. The van der Waals surface area contributed by atoms with Crippen LogP contribution in [-0.2, 0) is 0 Å². The van der Waals surface area contributed by atoms with Gasteiger partial charge < -0.3 is 4.90 Å². The molecule has 1 aromatic rings. The Morgan fingerprint density at radius 1 is 1.29 bits per heavy atom. The monoisotopic (exact) mass is 207 g/mol. The van der Waals surface area contributed by atoms with E-state index in [1.165, 1.54) is 0 Å². The molecule has 1 aromatic carbocycles. The largest absolute Gasteiger partial charge is 0.362 e. The van der Waals surface area contributed by atoms with Crippen molar-refractivity contribution < 1.29 is 4.79 Å². The van der Waals surface area contributed by atoms with Crippen molar-refractivity contribution in [2.24, 2.45) is 0 Å². The summed E-state index contributed by atoms with van der Waals surface area (Å²) in [6.07, 6.45) is 4.98. The number of carbonyl (C=O) groups is 1. The molecule has 0 spiro atoms. The first-order chi connectivity index (χ1) is 6.83. The van der Waals surface area contributed by atoms with E-state index < -0.39 is 0 Å². The SMILES string of the molecule is O=Cc1cccc(Cl)c1N1CC=CC1. The summed E-state index contributed by atoms with van der Waals surface area (Å²) in [6, 6.07) is 5.38. The lowest BCUT2D eigenvalue weighted by Crippen LogP contribution is -2.20. The molecule has 0 aliphatic carbocycles. The summed E-state index contributed by atoms with van der Waals surface area (Å²) in [7, 11) is 0. The molecule has 0 amide bonds. The van der Waals surface area contributed by atoms with Crippen LogP contribution in [0.25, 0.3) is 0 Å². The van der Waals surface area contributed by atoms with Gasteiger partial charge in [-0.25, -0.2) is 0 Å². The molecule has 2 nitrogen and oxygen atoms in total. The third kappa shape index (κ3) is 1.53. The normalized spacial score (nSPS) is 14.8. The van der Waals surface area contributed by atoms with E-state index >= 15 is 0 Å². The number of nitrogens with zero attached hydrogens (tertiary/aromatic N) is 1. The Labute approximate surface area is 87.8 Å². The molecule has 0 aromatic heterocycles. The fraction of sp³-hybridized carbons (Fsp3) is 0.182. The van der Waals surface area contributed by atoms with Crippen molar-refractivity contribution in [2.45, 2.75) is 0 Å². The Kier molecular flexibility index (Phi) is 2.55. The highest BCUT2D eigenvalue weighted by molar-refractivity contribution is 6.34. The van der Waals surface area contributed by atoms with Crippen LogP contribution < -0.4 is 4.90 Å². The Hall–Kier alpha value is -1.28. The van der Waals surface area contributed by atoms with Gasteiger partial charge in [-0.15, -0.1) is 0 Å². The van der Waals surface area contributed by atoms with E-state index in [-0.39, 0.29) is 0 Å². The molecule has 3 heteroatoms. The number of halogens is 1. The maximum atomic E-state index is 10.8.